The Morgan fingerprint density at radius 2 is 2.09 bits per heavy atom. The molecule has 1 aromatic rings. The zero-order valence-corrected chi connectivity index (χ0v) is 22.2. The first-order valence-corrected chi connectivity index (χ1v) is 12.8. The van der Waals surface area contributed by atoms with Crippen LogP contribution in [0.2, 0.25) is 5.02 Å². The average Bonchev–Trinajstić information content (AvgIpc) is 2.81. The topological polar surface area (TPSA) is 54.1 Å². The van der Waals surface area contributed by atoms with Gasteiger partial charge in [-0.2, -0.15) is 0 Å². The van der Waals surface area contributed by atoms with Gasteiger partial charge < -0.3 is 20.3 Å². The molecule has 34 heavy (non-hydrogen) atoms. The molecule has 0 saturated carbocycles. The van der Waals surface area contributed by atoms with Crippen molar-refractivity contribution in [2.75, 3.05) is 40.3 Å². The predicted octanol–water partition coefficient (Wildman–Crippen LogP) is 5.75. The molecular formula is C28H43ClN4O. The van der Waals surface area contributed by atoms with E-state index in [0.29, 0.717) is 10.9 Å². The summed E-state index contributed by atoms with van der Waals surface area (Å²) in [6.07, 6.45) is 13.7. The molecule has 188 valence electrons. The first-order chi connectivity index (χ1) is 16.3. The number of hydrogen-bond acceptors (Lipinski definition) is 4. The Balaban J connectivity index is 1.74. The lowest BCUT2D eigenvalue weighted by molar-refractivity contribution is 0.128. The average molecular weight is 487 g/mol. The number of benzene rings is 1. The monoisotopic (exact) mass is 486 g/mol. The lowest BCUT2D eigenvalue weighted by Crippen LogP contribution is -2.36. The number of aliphatic imine (C=N–C) groups is 1. The third kappa shape index (κ3) is 10.0. The van der Waals surface area contributed by atoms with Crippen LogP contribution in [0.4, 0.5) is 0 Å². The molecule has 1 saturated heterocycles. The highest BCUT2D eigenvalue weighted by Crippen LogP contribution is 2.20. The highest BCUT2D eigenvalue weighted by atomic mass is 35.5. The van der Waals surface area contributed by atoms with Gasteiger partial charge in [-0.15, -0.1) is 0 Å². The Morgan fingerprint density at radius 1 is 1.35 bits per heavy atom. The summed E-state index contributed by atoms with van der Waals surface area (Å²) >= 11 is 6.15. The number of nitrogens with zero attached hydrogens (tertiary/aromatic N) is 3. The molecule has 0 amide bonds. The summed E-state index contributed by atoms with van der Waals surface area (Å²) in [5.41, 5.74) is 8.15. The van der Waals surface area contributed by atoms with Gasteiger partial charge in [-0.25, -0.2) is 0 Å². The summed E-state index contributed by atoms with van der Waals surface area (Å²) in [6.45, 7) is 12.3. The lowest BCUT2D eigenvalue weighted by Gasteiger charge is -2.30. The fourth-order valence-corrected chi connectivity index (χ4v) is 4.29. The summed E-state index contributed by atoms with van der Waals surface area (Å²) in [7, 11) is 4.22. The molecule has 0 bridgehead atoms. The van der Waals surface area contributed by atoms with Gasteiger partial charge in [0.2, 0.25) is 0 Å². The van der Waals surface area contributed by atoms with Crippen molar-refractivity contribution < 1.29 is 4.74 Å². The van der Waals surface area contributed by atoms with Crippen LogP contribution in [-0.4, -0.2) is 68.1 Å². The van der Waals surface area contributed by atoms with Crippen molar-refractivity contribution in [1.29, 1.82) is 0 Å². The van der Waals surface area contributed by atoms with Crippen LogP contribution in [0.5, 0.6) is 0 Å². The molecule has 1 fully saturated rings. The SMILES string of the molecule is C=Cc1ccc(Cl)cc1C(N)=NC1CCN(CC/C=C\C(=C/C)OC(C)CCCN(C)C)CC1. The molecule has 1 unspecified atom stereocenters. The maximum absolute atomic E-state index is 6.32. The van der Waals surface area contributed by atoms with Crippen LogP contribution in [-0.2, 0) is 4.74 Å². The second-order valence-corrected chi connectivity index (χ2v) is 9.72. The van der Waals surface area contributed by atoms with E-state index < -0.39 is 0 Å². The van der Waals surface area contributed by atoms with Crippen molar-refractivity contribution in [3.63, 3.8) is 0 Å². The van der Waals surface area contributed by atoms with Gasteiger partial charge in [0.05, 0.1) is 12.1 Å². The first kappa shape index (κ1) is 28.2. The highest BCUT2D eigenvalue weighted by molar-refractivity contribution is 6.31. The summed E-state index contributed by atoms with van der Waals surface area (Å²) in [6, 6.07) is 5.90. The minimum absolute atomic E-state index is 0.234. The lowest BCUT2D eigenvalue weighted by atomic mass is 10.0. The van der Waals surface area contributed by atoms with Crippen LogP contribution in [0.15, 0.2) is 53.8 Å². The van der Waals surface area contributed by atoms with E-state index in [1.54, 1.807) is 6.08 Å². The minimum Gasteiger partial charge on any atom is -0.491 e. The number of nitrogens with two attached hydrogens (primary N) is 1. The van der Waals surface area contributed by atoms with Crippen molar-refractivity contribution in [2.24, 2.45) is 10.7 Å². The maximum Gasteiger partial charge on any atom is 0.126 e. The van der Waals surface area contributed by atoms with Crippen molar-refractivity contribution >= 4 is 23.5 Å². The van der Waals surface area contributed by atoms with Crippen LogP contribution in [0.1, 0.15) is 57.1 Å². The number of halogens is 1. The van der Waals surface area contributed by atoms with Gasteiger partial charge in [-0.05, 0) is 96.4 Å². The molecule has 0 aromatic heterocycles. The Labute approximate surface area is 212 Å². The van der Waals surface area contributed by atoms with Gasteiger partial charge in [0, 0.05) is 30.2 Å². The molecule has 1 atom stereocenters. The Bertz CT molecular complexity index is 854. The summed E-state index contributed by atoms with van der Waals surface area (Å²) in [5.74, 6) is 1.51. The van der Waals surface area contributed by atoms with E-state index in [2.05, 4.69) is 49.5 Å². The van der Waals surface area contributed by atoms with E-state index in [0.717, 1.165) is 75.2 Å². The maximum atomic E-state index is 6.32. The second kappa shape index (κ2) is 15.0. The van der Waals surface area contributed by atoms with E-state index in [1.807, 2.05) is 31.2 Å². The molecule has 1 aliphatic rings. The number of likely N-dealkylation sites (tertiary alicyclic amines) is 1. The van der Waals surface area contributed by atoms with Crippen molar-refractivity contribution in [3.05, 3.63) is 64.9 Å². The van der Waals surface area contributed by atoms with Crippen molar-refractivity contribution in [1.82, 2.24) is 9.80 Å². The van der Waals surface area contributed by atoms with Gasteiger partial charge in [-0.1, -0.05) is 36.4 Å². The summed E-state index contributed by atoms with van der Waals surface area (Å²) in [4.78, 5) is 9.51. The van der Waals surface area contributed by atoms with Crippen LogP contribution < -0.4 is 5.73 Å². The van der Waals surface area contributed by atoms with Crippen LogP contribution in [0.3, 0.4) is 0 Å². The standard InChI is InChI=1S/C28H43ClN4O/c1-6-23-13-14-24(29)21-27(23)28(30)31-25-15-19-33(20-16-25)18-9-8-12-26(7-2)34-22(3)11-10-17-32(4)5/h6-8,12-14,21-22,25H,1,9-11,15-20H2,2-5H3,(H2,30,31)/b12-8-,26-7+. The van der Waals surface area contributed by atoms with E-state index in [-0.39, 0.29) is 12.1 Å². The van der Waals surface area contributed by atoms with Gasteiger partial charge >= 0.3 is 0 Å². The molecule has 0 radical (unpaired) electrons. The molecular weight excluding hydrogens is 444 g/mol. The molecule has 6 heteroatoms. The van der Waals surface area contributed by atoms with Crippen molar-refractivity contribution in [3.8, 4) is 0 Å². The zero-order valence-electron chi connectivity index (χ0n) is 21.5. The van der Waals surface area contributed by atoms with Gasteiger partial charge in [0.25, 0.3) is 0 Å². The third-order valence-electron chi connectivity index (χ3n) is 6.12. The fourth-order valence-electron chi connectivity index (χ4n) is 4.11. The second-order valence-electron chi connectivity index (χ2n) is 9.28. The van der Waals surface area contributed by atoms with Crippen molar-refractivity contribution in [2.45, 2.75) is 58.1 Å². The van der Waals surface area contributed by atoms with E-state index >= 15 is 0 Å². The first-order valence-electron chi connectivity index (χ1n) is 12.4. The highest BCUT2D eigenvalue weighted by Gasteiger charge is 2.19. The quantitative estimate of drug-likeness (QED) is 0.167. The molecule has 1 aliphatic heterocycles. The van der Waals surface area contributed by atoms with E-state index in [1.165, 1.54) is 0 Å². The summed E-state index contributed by atoms with van der Waals surface area (Å²) in [5, 5.41) is 0.659. The van der Waals surface area contributed by atoms with Gasteiger partial charge in [-0.3, -0.25) is 4.99 Å². The predicted molar refractivity (Wildman–Crippen MR) is 148 cm³/mol. The Morgan fingerprint density at radius 3 is 2.74 bits per heavy atom. The molecule has 5 nitrogen and oxygen atoms in total. The molecule has 0 spiro atoms. The molecule has 1 heterocycles. The molecule has 0 aliphatic carbocycles. The van der Waals surface area contributed by atoms with Crippen LogP contribution >= 0.6 is 11.6 Å². The smallest absolute Gasteiger partial charge is 0.126 e. The zero-order chi connectivity index (χ0) is 24.9. The van der Waals surface area contributed by atoms with Crippen LogP contribution in [0, 0.1) is 0 Å². The van der Waals surface area contributed by atoms with Crippen LogP contribution in [0.25, 0.3) is 6.08 Å². The fraction of sp³-hybridized carbons (Fsp3) is 0.536. The van der Waals surface area contributed by atoms with E-state index in [4.69, 9.17) is 27.1 Å². The minimum atomic E-state index is 0.234. The molecule has 1 aromatic carbocycles. The number of amidine groups is 1. The number of piperidine rings is 1. The largest absolute Gasteiger partial charge is 0.491 e. The number of hydrogen-bond donors (Lipinski definition) is 1. The summed E-state index contributed by atoms with van der Waals surface area (Å²) < 4.78 is 6.09. The normalized spacial score (nSPS) is 17.5. The molecule has 2 N–H and O–H groups in total. The number of ether oxygens (including phenoxy) is 1. The Hall–Kier alpha value is -2.08. The van der Waals surface area contributed by atoms with E-state index in [9.17, 15) is 0 Å². The van der Waals surface area contributed by atoms with Gasteiger partial charge in [0.15, 0.2) is 0 Å². The van der Waals surface area contributed by atoms with Gasteiger partial charge in [0.1, 0.15) is 11.6 Å². The third-order valence-corrected chi connectivity index (χ3v) is 6.36. The number of rotatable bonds is 13. The number of allylic oxidation sites excluding steroid dienone is 2. The molecule has 2 rings (SSSR count). The Kier molecular flexibility index (Phi) is 12.4.